The molecule has 1 N–H and O–H groups in total. The van der Waals surface area contributed by atoms with E-state index in [0.717, 1.165) is 18.1 Å². The first kappa shape index (κ1) is 13.3. The standard InChI is InChI=1S/C14H29N3/c1-15-12-5-4-6-14(11-12)17(3)13-7-9-16(2)10-8-13/h12-15H,4-11H2,1-3H3. The third-order valence-corrected chi connectivity index (χ3v) is 4.89. The molecule has 0 spiro atoms. The molecule has 1 aliphatic carbocycles. The van der Waals surface area contributed by atoms with Crippen LogP contribution in [0.15, 0.2) is 0 Å². The number of nitrogens with one attached hydrogen (secondary N) is 1. The highest BCUT2D eigenvalue weighted by Gasteiger charge is 2.29. The van der Waals surface area contributed by atoms with Crippen molar-refractivity contribution >= 4 is 0 Å². The van der Waals surface area contributed by atoms with E-state index >= 15 is 0 Å². The summed E-state index contributed by atoms with van der Waals surface area (Å²) >= 11 is 0. The molecule has 3 heteroatoms. The van der Waals surface area contributed by atoms with Crippen molar-refractivity contribution in [2.45, 2.75) is 56.7 Å². The zero-order valence-corrected chi connectivity index (χ0v) is 11.8. The van der Waals surface area contributed by atoms with Crippen LogP contribution in [0.4, 0.5) is 0 Å². The molecule has 2 rings (SSSR count). The maximum atomic E-state index is 3.46. The van der Waals surface area contributed by atoms with Crippen molar-refractivity contribution in [2.75, 3.05) is 34.2 Å². The van der Waals surface area contributed by atoms with Crippen LogP contribution < -0.4 is 5.32 Å². The van der Waals surface area contributed by atoms with Crippen molar-refractivity contribution in [2.24, 2.45) is 0 Å². The molecule has 1 saturated heterocycles. The van der Waals surface area contributed by atoms with E-state index in [4.69, 9.17) is 0 Å². The predicted octanol–water partition coefficient (Wildman–Crippen LogP) is 1.54. The fourth-order valence-electron chi connectivity index (χ4n) is 3.50. The molecule has 2 unspecified atom stereocenters. The first-order valence-electron chi connectivity index (χ1n) is 7.28. The second kappa shape index (κ2) is 6.17. The van der Waals surface area contributed by atoms with Gasteiger partial charge in [-0.15, -0.1) is 0 Å². The number of hydrogen-bond donors (Lipinski definition) is 1. The lowest BCUT2D eigenvalue weighted by Gasteiger charge is -2.42. The molecule has 2 fully saturated rings. The van der Waals surface area contributed by atoms with Gasteiger partial charge in [0.15, 0.2) is 0 Å². The van der Waals surface area contributed by atoms with Crippen LogP contribution in [-0.2, 0) is 0 Å². The third-order valence-electron chi connectivity index (χ3n) is 4.89. The minimum absolute atomic E-state index is 0.752. The molecule has 3 nitrogen and oxygen atoms in total. The second-order valence-corrected chi connectivity index (χ2v) is 6.01. The van der Waals surface area contributed by atoms with Crippen LogP contribution in [0.2, 0.25) is 0 Å². The molecule has 1 aliphatic heterocycles. The molecule has 0 aromatic rings. The Labute approximate surface area is 107 Å². The molecule has 2 atom stereocenters. The number of nitrogens with zero attached hydrogens (tertiary/aromatic N) is 2. The lowest BCUT2D eigenvalue weighted by Crippen LogP contribution is -2.49. The summed E-state index contributed by atoms with van der Waals surface area (Å²) in [7, 11) is 6.72. The summed E-state index contributed by atoms with van der Waals surface area (Å²) < 4.78 is 0. The maximum Gasteiger partial charge on any atom is 0.0119 e. The molecule has 0 amide bonds. The Balaban J connectivity index is 1.84. The van der Waals surface area contributed by atoms with Crippen molar-refractivity contribution < 1.29 is 0 Å². The van der Waals surface area contributed by atoms with Gasteiger partial charge in [-0.25, -0.2) is 0 Å². The van der Waals surface area contributed by atoms with E-state index in [9.17, 15) is 0 Å². The molecule has 1 heterocycles. The van der Waals surface area contributed by atoms with Crippen LogP contribution in [0.3, 0.4) is 0 Å². The first-order valence-corrected chi connectivity index (χ1v) is 7.28. The molecule has 0 radical (unpaired) electrons. The fourth-order valence-corrected chi connectivity index (χ4v) is 3.50. The van der Waals surface area contributed by atoms with Crippen LogP contribution >= 0.6 is 0 Å². The van der Waals surface area contributed by atoms with Gasteiger partial charge in [0, 0.05) is 18.1 Å². The van der Waals surface area contributed by atoms with Crippen molar-refractivity contribution in [1.82, 2.24) is 15.1 Å². The highest BCUT2D eigenvalue weighted by molar-refractivity contribution is 4.86. The van der Waals surface area contributed by atoms with E-state index < -0.39 is 0 Å². The van der Waals surface area contributed by atoms with Gasteiger partial charge < -0.3 is 15.1 Å². The first-order chi connectivity index (χ1) is 8.20. The summed E-state index contributed by atoms with van der Waals surface area (Å²) in [5, 5.41) is 3.46. The highest BCUT2D eigenvalue weighted by Crippen LogP contribution is 2.26. The van der Waals surface area contributed by atoms with E-state index in [1.54, 1.807) is 0 Å². The van der Waals surface area contributed by atoms with E-state index in [-0.39, 0.29) is 0 Å². The quantitative estimate of drug-likeness (QED) is 0.806. The van der Waals surface area contributed by atoms with Crippen LogP contribution in [0.5, 0.6) is 0 Å². The Morgan fingerprint density at radius 2 is 1.76 bits per heavy atom. The zero-order chi connectivity index (χ0) is 12.3. The SMILES string of the molecule is CNC1CCCC(N(C)C2CCN(C)CC2)C1. The van der Waals surface area contributed by atoms with Gasteiger partial charge >= 0.3 is 0 Å². The van der Waals surface area contributed by atoms with Gasteiger partial charge in [-0.05, 0) is 66.3 Å². The summed E-state index contributed by atoms with van der Waals surface area (Å²) in [5.41, 5.74) is 0. The molecule has 0 aromatic carbocycles. The Hall–Kier alpha value is -0.120. The fraction of sp³-hybridized carbons (Fsp3) is 1.00. The topological polar surface area (TPSA) is 18.5 Å². The Morgan fingerprint density at radius 3 is 2.41 bits per heavy atom. The molecular weight excluding hydrogens is 210 g/mol. The Bertz CT molecular complexity index is 224. The maximum absolute atomic E-state index is 3.46. The molecule has 2 aliphatic rings. The van der Waals surface area contributed by atoms with Crippen LogP contribution in [-0.4, -0.2) is 62.2 Å². The lowest BCUT2D eigenvalue weighted by molar-refractivity contribution is 0.0813. The Morgan fingerprint density at radius 1 is 1.06 bits per heavy atom. The van der Waals surface area contributed by atoms with Crippen LogP contribution in [0.25, 0.3) is 0 Å². The van der Waals surface area contributed by atoms with Gasteiger partial charge in [-0.2, -0.15) is 0 Å². The normalized spacial score (nSPS) is 33.2. The van der Waals surface area contributed by atoms with Gasteiger partial charge in [0.25, 0.3) is 0 Å². The van der Waals surface area contributed by atoms with Gasteiger partial charge in [0.2, 0.25) is 0 Å². The van der Waals surface area contributed by atoms with Gasteiger partial charge in [-0.1, -0.05) is 6.42 Å². The summed E-state index contributed by atoms with van der Waals surface area (Å²) in [4.78, 5) is 5.15. The predicted molar refractivity (Wildman–Crippen MR) is 73.4 cm³/mol. The lowest BCUT2D eigenvalue weighted by atomic mass is 9.88. The summed E-state index contributed by atoms with van der Waals surface area (Å²) in [6.07, 6.45) is 8.23. The molecule has 1 saturated carbocycles. The largest absolute Gasteiger partial charge is 0.317 e. The van der Waals surface area contributed by atoms with E-state index in [1.165, 1.54) is 51.6 Å². The minimum atomic E-state index is 0.752. The number of likely N-dealkylation sites (tertiary alicyclic amines) is 1. The smallest absolute Gasteiger partial charge is 0.0119 e. The van der Waals surface area contributed by atoms with Crippen LogP contribution in [0, 0.1) is 0 Å². The number of rotatable bonds is 3. The molecule has 100 valence electrons. The van der Waals surface area contributed by atoms with Crippen molar-refractivity contribution in [3.05, 3.63) is 0 Å². The zero-order valence-electron chi connectivity index (χ0n) is 11.8. The van der Waals surface area contributed by atoms with Crippen molar-refractivity contribution in [1.29, 1.82) is 0 Å². The van der Waals surface area contributed by atoms with Gasteiger partial charge in [-0.3, -0.25) is 0 Å². The number of piperidine rings is 1. The molecular formula is C14H29N3. The molecule has 0 bridgehead atoms. The number of hydrogen-bond acceptors (Lipinski definition) is 3. The average molecular weight is 239 g/mol. The Kier molecular flexibility index (Phi) is 4.83. The van der Waals surface area contributed by atoms with Crippen molar-refractivity contribution in [3.63, 3.8) is 0 Å². The highest BCUT2D eigenvalue weighted by atomic mass is 15.2. The van der Waals surface area contributed by atoms with Crippen molar-refractivity contribution in [3.8, 4) is 0 Å². The van der Waals surface area contributed by atoms with Gasteiger partial charge in [0.1, 0.15) is 0 Å². The molecule has 17 heavy (non-hydrogen) atoms. The molecule has 0 aromatic heterocycles. The van der Waals surface area contributed by atoms with E-state index in [1.807, 2.05) is 0 Å². The van der Waals surface area contributed by atoms with Crippen LogP contribution in [0.1, 0.15) is 38.5 Å². The summed E-state index contributed by atoms with van der Waals surface area (Å²) in [6.45, 7) is 2.55. The van der Waals surface area contributed by atoms with E-state index in [0.29, 0.717) is 0 Å². The van der Waals surface area contributed by atoms with E-state index in [2.05, 4.69) is 36.3 Å². The average Bonchev–Trinajstić information content (AvgIpc) is 2.39. The summed E-state index contributed by atoms with van der Waals surface area (Å²) in [5.74, 6) is 0. The summed E-state index contributed by atoms with van der Waals surface area (Å²) in [6, 6.07) is 2.39. The van der Waals surface area contributed by atoms with Gasteiger partial charge in [0.05, 0.1) is 0 Å². The monoisotopic (exact) mass is 239 g/mol. The minimum Gasteiger partial charge on any atom is -0.317 e. The third kappa shape index (κ3) is 3.43. The second-order valence-electron chi connectivity index (χ2n) is 6.01.